The molecule has 1 saturated heterocycles. The number of nitrogens with zero attached hydrogens (tertiary/aromatic N) is 2. The molecule has 0 unspecified atom stereocenters. The molecule has 0 saturated carbocycles. The van der Waals surface area contributed by atoms with Crippen LogP contribution in [0.5, 0.6) is 0 Å². The van der Waals surface area contributed by atoms with Crippen LogP contribution in [0.2, 0.25) is 0 Å². The average Bonchev–Trinajstić information content (AvgIpc) is 3.06. The van der Waals surface area contributed by atoms with Gasteiger partial charge in [0.2, 0.25) is 0 Å². The molecule has 29 heavy (non-hydrogen) atoms. The highest BCUT2D eigenvalue weighted by molar-refractivity contribution is 5.88. The van der Waals surface area contributed by atoms with Gasteiger partial charge in [0.05, 0.1) is 13.2 Å². The lowest BCUT2D eigenvalue weighted by molar-refractivity contribution is -0.158. The molecule has 148 valence electrons. The summed E-state index contributed by atoms with van der Waals surface area (Å²) in [6.45, 7) is 0.513. The summed E-state index contributed by atoms with van der Waals surface area (Å²) in [5.74, 6) is -1.03. The molecule has 0 radical (unpaired) electrons. The van der Waals surface area contributed by atoms with Gasteiger partial charge in [-0.05, 0) is 23.6 Å². The zero-order valence-corrected chi connectivity index (χ0v) is 16.4. The number of hydrogen-bond acceptors (Lipinski definition) is 4. The van der Waals surface area contributed by atoms with Gasteiger partial charge in [0.15, 0.2) is 0 Å². The molecule has 3 heterocycles. The largest absolute Gasteiger partial charge is 0.469 e. The summed E-state index contributed by atoms with van der Waals surface area (Å²) in [6.07, 6.45) is -0.354. The normalized spacial score (nSPS) is 23.3. The van der Waals surface area contributed by atoms with Crippen LogP contribution in [-0.2, 0) is 27.7 Å². The fourth-order valence-electron chi connectivity index (χ4n) is 4.94. The van der Waals surface area contributed by atoms with E-state index in [0.717, 1.165) is 23.2 Å². The number of benzene rings is 2. The van der Waals surface area contributed by atoms with Crippen molar-refractivity contribution in [3.63, 3.8) is 0 Å². The van der Waals surface area contributed by atoms with Crippen LogP contribution in [0.25, 0.3) is 10.9 Å². The number of carbonyl (C=O) groups is 2. The first-order valence-electron chi connectivity index (χ1n) is 9.78. The van der Waals surface area contributed by atoms with Crippen LogP contribution < -0.4 is 0 Å². The Hall–Kier alpha value is -3.28. The number of fused-ring (bicyclic) bond motifs is 5. The summed E-state index contributed by atoms with van der Waals surface area (Å²) in [6, 6.07) is 17.2. The Morgan fingerprint density at radius 2 is 1.83 bits per heavy atom. The van der Waals surface area contributed by atoms with Gasteiger partial charge in [-0.2, -0.15) is 0 Å². The number of rotatable bonds is 2. The molecular formula is C23H22N2O4. The van der Waals surface area contributed by atoms with Crippen LogP contribution in [0, 0.1) is 5.92 Å². The number of para-hydroxylation sites is 1. The number of aromatic nitrogens is 1. The molecule has 0 bridgehead atoms. The standard InChI is InChI=1S/C23H22N2O4/c1-24-17-11-7-6-10-15(17)16-12-13-25-20(19(16)24)18(22(26)28-2)21(29-23(25)27)14-8-4-3-5-9-14/h3-11,18,20-21H,12-13H2,1-2H3/t18-,20-,21+/m0/s1. The highest BCUT2D eigenvalue weighted by Gasteiger charge is 2.52. The molecule has 0 N–H and O–H groups in total. The van der Waals surface area contributed by atoms with Gasteiger partial charge in [-0.1, -0.05) is 48.5 Å². The zero-order chi connectivity index (χ0) is 20.1. The van der Waals surface area contributed by atoms with Crippen LogP contribution in [-0.4, -0.2) is 35.2 Å². The number of esters is 1. The van der Waals surface area contributed by atoms with Gasteiger partial charge in [0.1, 0.15) is 12.0 Å². The van der Waals surface area contributed by atoms with Crippen molar-refractivity contribution in [2.24, 2.45) is 13.0 Å². The Balaban J connectivity index is 1.73. The van der Waals surface area contributed by atoms with E-state index in [9.17, 15) is 9.59 Å². The highest BCUT2D eigenvalue weighted by atomic mass is 16.6. The Labute approximate surface area is 168 Å². The van der Waals surface area contributed by atoms with Crippen molar-refractivity contribution >= 4 is 23.0 Å². The van der Waals surface area contributed by atoms with E-state index in [-0.39, 0.29) is 12.1 Å². The van der Waals surface area contributed by atoms with Crippen molar-refractivity contribution in [3.8, 4) is 0 Å². The summed E-state index contributed by atoms with van der Waals surface area (Å²) in [7, 11) is 3.38. The molecule has 1 fully saturated rings. The van der Waals surface area contributed by atoms with E-state index in [0.29, 0.717) is 6.54 Å². The number of cyclic esters (lactones) is 1. The number of hydrogen-bond donors (Lipinski definition) is 0. The fourth-order valence-corrected chi connectivity index (χ4v) is 4.94. The number of methoxy groups -OCH3 is 1. The van der Waals surface area contributed by atoms with Crippen molar-refractivity contribution < 1.29 is 19.1 Å². The predicted octanol–water partition coefficient (Wildman–Crippen LogP) is 3.76. The van der Waals surface area contributed by atoms with Gasteiger partial charge < -0.3 is 14.0 Å². The first kappa shape index (κ1) is 17.8. The lowest BCUT2D eigenvalue weighted by Crippen LogP contribution is -2.52. The number of carbonyl (C=O) groups excluding carboxylic acids is 2. The quantitative estimate of drug-likeness (QED) is 0.625. The molecule has 6 nitrogen and oxygen atoms in total. The van der Waals surface area contributed by atoms with E-state index in [2.05, 4.69) is 16.7 Å². The van der Waals surface area contributed by atoms with Crippen LogP contribution in [0.4, 0.5) is 4.79 Å². The second kappa shape index (κ2) is 6.65. The van der Waals surface area contributed by atoms with Gasteiger partial charge in [-0.15, -0.1) is 0 Å². The van der Waals surface area contributed by atoms with Gasteiger partial charge in [-0.25, -0.2) is 4.79 Å². The topological polar surface area (TPSA) is 60.8 Å². The van der Waals surface area contributed by atoms with Crippen LogP contribution >= 0.6 is 0 Å². The zero-order valence-electron chi connectivity index (χ0n) is 16.4. The van der Waals surface area contributed by atoms with Crippen LogP contribution in [0.3, 0.4) is 0 Å². The van der Waals surface area contributed by atoms with Gasteiger partial charge in [0.25, 0.3) is 0 Å². The predicted molar refractivity (Wildman–Crippen MR) is 107 cm³/mol. The summed E-state index contributed by atoms with van der Waals surface area (Å²) in [5.41, 5.74) is 4.07. The summed E-state index contributed by atoms with van der Waals surface area (Å²) < 4.78 is 13.1. The molecule has 2 aromatic carbocycles. The van der Waals surface area contributed by atoms with E-state index < -0.39 is 18.1 Å². The van der Waals surface area contributed by atoms with Crippen molar-refractivity contribution in [3.05, 3.63) is 71.4 Å². The molecule has 1 aromatic heterocycles. The Bertz CT molecular complexity index is 1100. The van der Waals surface area contributed by atoms with E-state index in [4.69, 9.17) is 9.47 Å². The Kier molecular flexibility index (Phi) is 4.08. The van der Waals surface area contributed by atoms with Crippen molar-refractivity contribution in [2.75, 3.05) is 13.7 Å². The van der Waals surface area contributed by atoms with Gasteiger partial charge in [0, 0.05) is 30.2 Å². The van der Waals surface area contributed by atoms with Crippen LogP contribution in [0.1, 0.15) is 29.0 Å². The summed E-state index contributed by atoms with van der Waals surface area (Å²) >= 11 is 0. The molecule has 0 aliphatic carbocycles. The minimum absolute atomic E-state index is 0.376. The molecular weight excluding hydrogens is 368 g/mol. The Morgan fingerprint density at radius 3 is 2.59 bits per heavy atom. The highest BCUT2D eigenvalue weighted by Crippen LogP contribution is 2.48. The first-order chi connectivity index (χ1) is 14.1. The lowest BCUT2D eigenvalue weighted by Gasteiger charge is -2.46. The summed E-state index contributed by atoms with van der Waals surface area (Å²) in [4.78, 5) is 27.6. The first-order valence-corrected chi connectivity index (χ1v) is 9.78. The smallest absolute Gasteiger partial charge is 0.411 e. The number of ether oxygens (including phenoxy) is 2. The minimum atomic E-state index is -0.693. The van der Waals surface area contributed by atoms with E-state index >= 15 is 0 Å². The second-order valence-electron chi connectivity index (χ2n) is 7.59. The second-order valence-corrected chi connectivity index (χ2v) is 7.59. The molecule has 2 aliphatic heterocycles. The molecule has 6 heteroatoms. The van der Waals surface area contributed by atoms with Crippen LogP contribution in [0.15, 0.2) is 54.6 Å². The van der Waals surface area contributed by atoms with E-state index in [1.807, 2.05) is 49.5 Å². The maximum Gasteiger partial charge on any atom is 0.411 e. The van der Waals surface area contributed by atoms with E-state index in [1.54, 1.807) is 4.90 Å². The third-order valence-electron chi connectivity index (χ3n) is 6.21. The lowest BCUT2D eigenvalue weighted by atomic mass is 9.81. The fraction of sp³-hybridized carbons (Fsp3) is 0.304. The molecule has 0 spiro atoms. The monoisotopic (exact) mass is 390 g/mol. The summed E-state index contributed by atoms with van der Waals surface area (Å²) in [5, 5.41) is 1.17. The molecule has 5 rings (SSSR count). The maximum atomic E-state index is 13.0. The molecule has 2 aliphatic rings. The maximum absolute atomic E-state index is 13.0. The van der Waals surface area contributed by atoms with Gasteiger partial charge in [-0.3, -0.25) is 9.69 Å². The number of aryl methyl sites for hydroxylation is 1. The molecule has 1 amide bonds. The Morgan fingerprint density at radius 1 is 1.10 bits per heavy atom. The van der Waals surface area contributed by atoms with Crippen molar-refractivity contribution in [1.29, 1.82) is 0 Å². The van der Waals surface area contributed by atoms with Crippen molar-refractivity contribution in [2.45, 2.75) is 18.6 Å². The SMILES string of the molecule is COC(=O)[C@@H]1[C@@H](c2ccccc2)OC(=O)N2CCc3c(n(C)c4ccccc34)[C@H]12. The van der Waals surface area contributed by atoms with Crippen molar-refractivity contribution in [1.82, 2.24) is 9.47 Å². The average molecular weight is 390 g/mol. The third-order valence-corrected chi connectivity index (χ3v) is 6.21. The molecule has 3 atom stereocenters. The van der Waals surface area contributed by atoms with E-state index in [1.165, 1.54) is 18.1 Å². The third kappa shape index (κ3) is 2.55. The minimum Gasteiger partial charge on any atom is -0.469 e. The van der Waals surface area contributed by atoms with Gasteiger partial charge >= 0.3 is 12.1 Å². The number of amides is 1. The molecule has 3 aromatic rings.